The maximum absolute atomic E-state index is 14.5. The smallest absolute Gasteiger partial charge is 0.272 e. The molecule has 0 fully saturated rings. The molecule has 1 heterocycles. The molecule has 3 amide bonds. The summed E-state index contributed by atoms with van der Waals surface area (Å²) >= 11 is 21.0. The standard InChI is InChI=1S/C33H22Cl3FN4O3S2/c34-20-9-14-23(26(36)15-20)29-17-46-33(40-29)41-30(42)18-45-22-12-10-21(11-13-22)38-32(44)28(16-24-25(35)7-4-8-27(24)37)39-31(43)19-5-2-1-3-6-19/h1-17H,18H2,(H,38,44)(H,39,43)(H,40,41,42)/b28-16-. The number of nitrogens with zero attached hydrogens (tertiary/aromatic N) is 1. The Morgan fingerprint density at radius 2 is 1.63 bits per heavy atom. The highest BCUT2D eigenvalue weighted by Crippen LogP contribution is 2.32. The number of thioether (sulfide) groups is 1. The van der Waals surface area contributed by atoms with Crippen LogP contribution >= 0.6 is 57.9 Å². The second kappa shape index (κ2) is 15.4. The lowest BCUT2D eigenvalue weighted by Gasteiger charge is -2.12. The lowest BCUT2D eigenvalue weighted by molar-refractivity contribution is -0.114. The molecule has 0 bridgehead atoms. The topological polar surface area (TPSA) is 100 Å². The van der Waals surface area contributed by atoms with Gasteiger partial charge in [0.2, 0.25) is 5.91 Å². The predicted molar refractivity (Wildman–Crippen MR) is 185 cm³/mol. The Balaban J connectivity index is 1.21. The van der Waals surface area contributed by atoms with Crippen molar-refractivity contribution >= 4 is 92.5 Å². The Labute approximate surface area is 286 Å². The van der Waals surface area contributed by atoms with Crippen LogP contribution in [0.4, 0.5) is 15.2 Å². The van der Waals surface area contributed by atoms with Crippen LogP contribution in [-0.2, 0) is 9.59 Å². The van der Waals surface area contributed by atoms with Crippen molar-refractivity contribution in [2.75, 3.05) is 16.4 Å². The first-order chi connectivity index (χ1) is 22.2. The predicted octanol–water partition coefficient (Wildman–Crippen LogP) is 9.05. The van der Waals surface area contributed by atoms with Crippen LogP contribution in [0.2, 0.25) is 15.1 Å². The summed E-state index contributed by atoms with van der Waals surface area (Å²) in [6.45, 7) is 0. The van der Waals surface area contributed by atoms with Crippen LogP contribution in [0.15, 0.2) is 107 Å². The molecule has 3 N–H and O–H groups in total. The number of carbonyl (C=O) groups excluding carboxylic acids is 3. The number of thiazole rings is 1. The number of nitrogens with one attached hydrogen (secondary N) is 3. The Morgan fingerprint density at radius 3 is 2.35 bits per heavy atom. The van der Waals surface area contributed by atoms with E-state index < -0.39 is 17.6 Å². The second-order valence-corrected chi connectivity index (χ2v) is 12.6. The van der Waals surface area contributed by atoms with Crippen molar-refractivity contribution in [2.24, 2.45) is 0 Å². The van der Waals surface area contributed by atoms with Crippen molar-refractivity contribution in [3.8, 4) is 11.3 Å². The minimum absolute atomic E-state index is 0.0459. The molecule has 0 spiro atoms. The van der Waals surface area contributed by atoms with Crippen LogP contribution in [0, 0.1) is 5.82 Å². The van der Waals surface area contributed by atoms with E-state index in [0.29, 0.717) is 37.7 Å². The lowest BCUT2D eigenvalue weighted by Crippen LogP contribution is -2.30. The number of carbonyl (C=O) groups is 3. The average molecular weight is 712 g/mol. The Morgan fingerprint density at radius 1 is 0.870 bits per heavy atom. The van der Waals surface area contributed by atoms with E-state index in [1.165, 1.54) is 47.4 Å². The van der Waals surface area contributed by atoms with E-state index >= 15 is 0 Å². The molecule has 4 aromatic carbocycles. The summed E-state index contributed by atoms with van der Waals surface area (Å²) in [6, 6.07) is 24.3. The van der Waals surface area contributed by atoms with Gasteiger partial charge in [-0.25, -0.2) is 9.37 Å². The molecule has 232 valence electrons. The van der Waals surface area contributed by atoms with Crippen molar-refractivity contribution in [3.63, 3.8) is 0 Å². The number of anilines is 2. The third-order valence-corrected chi connectivity index (χ3v) is 8.90. The minimum Gasteiger partial charge on any atom is -0.321 e. The Hall–Kier alpha value is -4.19. The lowest BCUT2D eigenvalue weighted by atomic mass is 10.1. The van der Waals surface area contributed by atoms with E-state index in [1.807, 2.05) is 0 Å². The van der Waals surface area contributed by atoms with Crippen molar-refractivity contribution in [3.05, 3.63) is 134 Å². The summed E-state index contributed by atoms with van der Waals surface area (Å²) in [5.74, 6) is -2.03. The number of aromatic nitrogens is 1. The molecule has 0 aliphatic rings. The van der Waals surface area contributed by atoms with Crippen LogP contribution in [0.25, 0.3) is 17.3 Å². The van der Waals surface area contributed by atoms with E-state index in [9.17, 15) is 18.8 Å². The van der Waals surface area contributed by atoms with E-state index in [2.05, 4.69) is 20.9 Å². The highest BCUT2D eigenvalue weighted by Gasteiger charge is 2.17. The van der Waals surface area contributed by atoms with E-state index in [4.69, 9.17) is 34.8 Å². The fraction of sp³-hybridized carbons (Fsp3) is 0.0303. The van der Waals surface area contributed by atoms with Crippen molar-refractivity contribution < 1.29 is 18.8 Å². The largest absolute Gasteiger partial charge is 0.321 e. The summed E-state index contributed by atoms with van der Waals surface area (Å²) in [6.07, 6.45) is 1.19. The zero-order chi connectivity index (χ0) is 32.6. The summed E-state index contributed by atoms with van der Waals surface area (Å²) in [5.41, 5.74) is 1.81. The van der Waals surface area contributed by atoms with Crippen molar-refractivity contribution in [1.82, 2.24) is 10.3 Å². The fourth-order valence-electron chi connectivity index (χ4n) is 4.02. The normalized spacial score (nSPS) is 11.2. The third kappa shape index (κ3) is 8.74. The summed E-state index contributed by atoms with van der Waals surface area (Å²) in [5, 5.41) is 11.3. The molecule has 1 aromatic heterocycles. The highest BCUT2D eigenvalue weighted by molar-refractivity contribution is 8.00. The minimum atomic E-state index is -0.689. The summed E-state index contributed by atoms with van der Waals surface area (Å²) in [4.78, 5) is 43.9. The van der Waals surface area contributed by atoms with Gasteiger partial charge < -0.3 is 16.0 Å². The van der Waals surface area contributed by atoms with Gasteiger partial charge in [0.15, 0.2) is 5.13 Å². The molecule has 13 heteroatoms. The molecule has 0 saturated heterocycles. The van der Waals surface area contributed by atoms with Crippen molar-refractivity contribution in [1.29, 1.82) is 0 Å². The number of benzene rings is 4. The molecule has 0 unspecified atom stereocenters. The fourth-order valence-corrected chi connectivity index (χ4v) is 6.17. The molecule has 46 heavy (non-hydrogen) atoms. The van der Waals surface area contributed by atoms with E-state index in [1.54, 1.807) is 78.2 Å². The van der Waals surface area contributed by atoms with Gasteiger partial charge in [0.25, 0.3) is 11.8 Å². The molecule has 0 saturated carbocycles. The molecule has 5 rings (SSSR count). The van der Waals surface area contributed by atoms with Gasteiger partial charge in [0.1, 0.15) is 11.5 Å². The second-order valence-electron chi connectivity index (χ2n) is 9.49. The van der Waals surface area contributed by atoms with E-state index in [0.717, 1.165) is 4.90 Å². The van der Waals surface area contributed by atoms with Gasteiger partial charge in [-0.3, -0.25) is 14.4 Å². The first kappa shape index (κ1) is 33.2. The van der Waals surface area contributed by atoms with Gasteiger partial charge in [-0.05, 0) is 72.8 Å². The van der Waals surface area contributed by atoms with Crippen LogP contribution in [0.5, 0.6) is 0 Å². The molecule has 0 atom stereocenters. The first-order valence-electron chi connectivity index (χ1n) is 13.4. The van der Waals surface area contributed by atoms with Gasteiger partial charge in [-0.2, -0.15) is 0 Å². The molecule has 5 aromatic rings. The highest BCUT2D eigenvalue weighted by atomic mass is 35.5. The number of hydrogen-bond donors (Lipinski definition) is 3. The zero-order valence-corrected chi connectivity index (χ0v) is 27.4. The molecule has 7 nitrogen and oxygen atoms in total. The number of hydrogen-bond acceptors (Lipinski definition) is 6. The first-order valence-corrected chi connectivity index (χ1v) is 16.4. The van der Waals surface area contributed by atoms with Gasteiger partial charge in [-0.1, -0.05) is 59.1 Å². The van der Waals surface area contributed by atoms with Gasteiger partial charge in [0, 0.05) is 37.7 Å². The van der Waals surface area contributed by atoms with Gasteiger partial charge in [0.05, 0.1) is 21.5 Å². The number of amides is 3. The van der Waals surface area contributed by atoms with E-state index in [-0.39, 0.29) is 27.9 Å². The molecule has 0 aliphatic carbocycles. The number of rotatable bonds is 10. The molecular weight excluding hydrogens is 690 g/mol. The van der Waals surface area contributed by atoms with Crippen LogP contribution < -0.4 is 16.0 Å². The van der Waals surface area contributed by atoms with Crippen LogP contribution in [0.3, 0.4) is 0 Å². The Bertz CT molecular complexity index is 1920. The summed E-state index contributed by atoms with van der Waals surface area (Å²) in [7, 11) is 0. The maximum atomic E-state index is 14.5. The van der Waals surface area contributed by atoms with Crippen LogP contribution in [0.1, 0.15) is 15.9 Å². The maximum Gasteiger partial charge on any atom is 0.272 e. The number of halogens is 4. The molecule has 0 aliphatic heterocycles. The van der Waals surface area contributed by atoms with Crippen molar-refractivity contribution in [2.45, 2.75) is 4.90 Å². The van der Waals surface area contributed by atoms with Crippen LogP contribution in [-0.4, -0.2) is 28.5 Å². The SMILES string of the molecule is O=C(CSc1ccc(NC(=O)/C(=C/c2c(F)cccc2Cl)NC(=O)c2ccccc2)cc1)Nc1nc(-c2ccc(Cl)cc2Cl)cs1. The van der Waals surface area contributed by atoms with Gasteiger partial charge >= 0.3 is 0 Å². The zero-order valence-electron chi connectivity index (χ0n) is 23.5. The quantitative estimate of drug-likeness (QED) is 0.0992. The van der Waals surface area contributed by atoms with Gasteiger partial charge in [-0.15, -0.1) is 23.1 Å². The monoisotopic (exact) mass is 710 g/mol. The Kier molecular flexibility index (Phi) is 11.1. The molecule has 0 radical (unpaired) electrons. The molecular formula is C33H22Cl3FN4O3S2. The summed E-state index contributed by atoms with van der Waals surface area (Å²) < 4.78 is 14.5. The average Bonchev–Trinajstić information content (AvgIpc) is 3.50. The third-order valence-electron chi connectivity index (χ3n) is 6.26.